The molecule has 0 aromatic heterocycles. The Labute approximate surface area is 110 Å². The molecule has 1 fully saturated rings. The van der Waals surface area contributed by atoms with Crippen LogP contribution in [-0.2, 0) is 6.18 Å². The summed E-state index contributed by atoms with van der Waals surface area (Å²) in [6.07, 6.45) is -0.449. The van der Waals surface area contributed by atoms with Crippen molar-refractivity contribution < 1.29 is 13.2 Å². The second kappa shape index (κ2) is 5.62. The van der Waals surface area contributed by atoms with Crippen LogP contribution in [0.3, 0.4) is 0 Å². The van der Waals surface area contributed by atoms with Crippen LogP contribution < -0.4 is 5.32 Å². The van der Waals surface area contributed by atoms with Crippen molar-refractivity contribution in [3.8, 4) is 6.07 Å². The van der Waals surface area contributed by atoms with E-state index in [1.165, 1.54) is 18.2 Å². The molecular weight excluding hydrogens is 253 g/mol. The molecule has 1 aromatic carbocycles. The Balaban J connectivity index is 2.25. The van der Waals surface area contributed by atoms with Crippen molar-refractivity contribution in [2.45, 2.75) is 43.9 Å². The van der Waals surface area contributed by atoms with Gasteiger partial charge in [0.1, 0.15) is 6.04 Å². The number of hydrogen-bond acceptors (Lipinski definition) is 2. The van der Waals surface area contributed by atoms with Crippen molar-refractivity contribution in [1.82, 2.24) is 5.32 Å². The lowest BCUT2D eigenvalue weighted by molar-refractivity contribution is -0.138. The molecule has 0 spiro atoms. The summed E-state index contributed by atoms with van der Waals surface area (Å²) in [6.45, 7) is 0. The first kappa shape index (κ1) is 13.9. The van der Waals surface area contributed by atoms with Crippen LogP contribution in [0.2, 0.25) is 0 Å². The number of nitrogens with zero attached hydrogens (tertiary/aromatic N) is 1. The van der Waals surface area contributed by atoms with Crippen molar-refractivity contribution in [2.24, 2.45) is 0 Å². The molecule has 0 heterocycles. The summed E-state index contributed by atoms with van der Waals surface area (Å²) in [4.78, 5) is 0. The normalized spacial score (nSPS) is 18.2. The summed E-state index contributed by atoms with van der Waals surface area (Å²) >= 11 is 0. The van der Waals surface area contributed by atoms with E-state index in [0.29, 0.717) is 0 Å². The first-order valence-corrected chi connectivity index (χ1v) is 6.34. The van der Waals surface area contributed by atoms with Crippen molar-refractivity contribution >= 4 is 0 Å². The molecule has 1 atom stereocenters. The van der Waals surface area contributed by atoms with Gasteiger partial charge in [-0.2, -0.15) is 18.4 Å². The number of benzene rings is 1. The highest BCUT2D eigenvalue weighted by Crippen LogP contribution is 2.35. The van der Waals surface area contributed by atoms with Gasteiger partial charge in [0, 0.05) is 6.04 Å². The average molecular weight is 268 g/mol. The minimum Gasteiger partial charge on any atom is -0.295 e. The lowest BCUT2D eigenvalue weighted by Gasteiger charge is -2.20. The zero-order valence-electron chi connectivity index (χ0n) is 10.4. The minimum absolute atomic E-state index is 0.0180. The van der Waals surface area contributed by atoms with E-state index in [4.69, 9.17) is 5.26 Å². The van der Waals surface area contributed by atoms with Crippen molar-refractivity contribution in [1.29, 1.82) is 5.26 Å². The SMILES string of the molecule is N#CC(NC1CCCC1)c1ccccc1C(F)(F)F. The molecule has 1 N–H and O–H groups in total. The summed E-state index contributed by atoms with van der Waals surface area (Å²) in [5.74, 6) is 0. The average Bonchev–Trinajstić information content (AvgIpc) is 2.88. The molecule has 1 aromatic rings. The van der Waals surface area contributed by atoms with Crippen molar-refractivity contribution in [3.05, 3.63) is 35.4 Å². The van der Waals surface area contributed by atoms with Crippen LogP contribution in [0.5, 0.6) is 0 Å². The zero-order chi connectivity index (χ0) is 13.9. The van der Waals surface area contributed by atoms with Gasteiger partial charge in [0.05, 0.1) is 11.6 Å². The number of hydrogen-bond donors (Lipinski definition) is 1. The topological polar surface area (TPSA) is 35.8 Å². The molecule has 1 unspecified atom stereocenters. The molecule has 1 aliphatic rings. The fraction of sp³-hybridized carbons (Fsp3) is 0.500. The summed E-state index contributed by atoms with van der Waals surface area (Å²) in [6, 6.07) is 6.46. The lowest BCUT2D eigenvalue weighted by atomic mass is 9.99. The van der Waals surface area contributed by atoms with Gasteiger partial charge in [0.25, 0.3) is 0 Å². The fourth-order valence-corrected chi connectivity index (χ4v) is 2.53. The second-order valence-electron chi connectivity index (χ2n) is 4.80. The van der Waals surface area contributed by atoms with Gasteiger partial charge >= 0.3 is 6.18 Å². The maximum atomic E-state index is 12.9. The number of rotatable bonds is 3. The van der Waals surface area contributed by atoms with Gasteiger partial charge in [0.15, 0.2) is 0 Å². The van der Waals surface area contributed by atoms with Gasteiger partial charge in [0.2, 0.25) is 0 Å². The predicted molar refractivity (Wildman–Crippen MR) is 65.2 cm³/mol. The molecule has 1 saturated carbocycles. The Kier molecular flexibility index (Phi) is 4.11. The van der Waals surface area contributed by atoms with Gasteiger partial charge in [-0.15, -0.1) is 0 Å². The smallest absolute Gasteiger partial charge is 0.295 e. The first-order valence-electron chi connectivity index (χ1n) is 6.34. The molecule has 1 aliphatic carbocycles. The molecule has 0 saturated heterocycles. The standard InChI is InChI=1S/C14H15F3N2/c15-14(16,17)12-8-4-3-7-11(12)13(9-18)19-10-5-1-2-6-10/h3-4,7-8,10,13,19H,1-2,5-6H2. The van der Waals surface area contributed by atoms with E-state index in [0.717, 1.165) is 31.7 Å². The quantitative estimate of drug-likeness (QED) is 0.905. The number of nitrogens with one attached hydrogen (secondary N) is 1. The van der Waals surface area contributed by atoms with Crippen molar-refractivity contribution in [3.63, 3.8) is 0 Å². The third-order valence-corrected chi connectivity index (χ3v) is 3.46. The van der Waals surface area contributed by atoms with E-state index in [2.05, 4.69) is 5.32 Å². The van der Waals surface area contributed by atoms with Gasteiger partial charge in [-0.25, -0.2) is 0 Å². The Hall–Kier alpha value is -1.54. The summed E-state index contributed by atoms with van der Waals surface area (Å²) in [5, 5.41) is 12.2. The van der Waals surface area contributed by atoms with Gasteiger partial charge in [-0.1, -0.05) is 31.0 Å². The van der Waals surface area contributed by atoms with Gasteiger partial charge in [-0.3, -0.25) is 5.32 Å². The molecule has 0 radical (unpaired) electrons. The van der Waals surface area contributed by atoms with Crippen molar-refractivity contribution in [2.75, 3.05) is 0 Å². The Morgan fingerprint density at radius 3 is 2.42 bits per heavy atom. The van der Waals surface area contributed by atoms with Crippen LogP contribution in [0.15, 0.2) is 24.3 Å². The molecule has 19 heavy (non-hydrogen) atoms. The van der Waals surface area contributed by atoms with E-state index in [1.54, 1.807) is 0 Å². The molecular formula is C14H15F3N2. The molecule has 0 aliphatic heterocycles. The Bertz CT molecular complexity index is 470. The van der Waals surface area contributed by atoms with Crippen LogP contribution in [-0.4, -0.2) is 6.04 Å². The highest BCUT2D eigenvalue weighted by molar-refractivity contribution is 5.35. The second-order valence-corrected chi connectivity index (χ2v) is 4.80. The molecule has 2 rings (SSSR count). The van der Waals surface area contributed by atoms with Crippen LogP contribution in [0.25, 0.3) is 0 Å². The third-order valence-electron chi connectivity index (χ3n) is 3.46. The van der Waals surface area contributed by atoms with E-state index in [-0.39, 0.29) is 11.6 Å². The highest BCUT2D eigenvalue weighted by Gasteiger charge is 2.35. The molecule has 0 bridgehead atoms. The van der Waals surface area contributed by atoms with E-state index in [1.807, 2.05) is 6.07 Å². The molecule has 102 valence electrons. The largest absolute Gasteiger partial charge is 0.416 e. The van der Waals surface area contributed by atoms with Crippen LogP contribution in [0, 0.1) is 11.3 Å². The van der Waals surface area contributed by atoms with E-state index >= 15 is 0 Å². The van der Waals surface area contributed by atoms with E-state index in [9.17, 15) is 13.2 Å². The molecule has 5 heteroatoms. The third kappa shape index (κ3) is 3.27. The minimum atomic E-state index is -4.43. The Morgan fingerprint density at radius 1 is 1.21 bits per heavy atom. The van der Waals surface area contributed by atoms with Gasteiger partial charge < -0.3 is 0 Å². The fourth-order valence-electron chi connectivity index (χ4n) is 2.53. The highest BCUT2D eigenvalue weighted by atomic mass is 19.4. The number of alkyl halides is 3. The molecule has 2 nitrogen and oxygen atoms in total. The number of nitriles is 1. The van der Waals surface area contributed by atoms with Gasteiger partial charge in [-0.05, 0) is 24.5 Å². The maximum absolute atomic E-state index is 12.9. The zero-order valence-corrected chi connectivity index (χ0v) is 10.4. The predicted octanol–water partition coefficient (Wildman–Crippen LogP) is 3.80. The van der Waals surface area contributed by atoms with Crippen LogP contribution in [0.4, 0.5) is 13.2 Å². The van der Waals surface area contributed by atoms with Crippen LogP contribution in [0.1, 0.15) is 42.9 Å². The summed E-state index contributed by atoms with van der Waals surface area (Å²) < 4.78 is 38.8. The lowest BCUT2D eigenvalue weighted by Crippen LogP contribution is -2.31. The first-order chi connectivity index (χ1) is 9.02. The number of halogens is 3. The summed E-state index contributed by atoms with van der Waals surface area (Å²) in [5.41, 5.74) is -0.712. The Morgan fingerprint density at radius 2 is 1.84 bits per heavy atom. The maximum Gasteiger partial charge on any atom is 0.416 e. The summed E-state index contributed by atoms with van der Waals surface area (Å²) in [7, 11) is 0. The molecule has 0 amide bonds. The van der Waals surface area contributed by atoms with E-state index < -0.39 is 17.8 Å². The monoisotopic (exact) mass is 268 g/mol. The van der Waals surface area contributed by atoms with Crippen LogP contribution >= 0.6 is 0 Å².